The van der Waals surface area contributed by atoms with Crippen LogP contribution in [-0.2, 0) is 0 Å². The van der Waals surface area contributed by atoms with Crippen molar-refractivity contribution < 1.29 is 0 Å². The first kappa shape index (κ1) is 12.9. The van der Waals surface area contributed by atoms with Gasteiger partial charge in [-0.3, -0.25) is 10.9 Å². The molecule has 3 N–H and O–H groups in total. The van der Waals surface area contributed by atoms with Crippen molar-refractivity contribution in [2.24, 2.45) is 0 Å². The van der Waals surface area contributed by atoms with Crippen molar-refractivity contribution in [3.8, 4) is 0 Å². The van der Waals surface area contributed by atoms with Crippen LogP contribution in [0.1, 0.15) is 18.1 Å². The van der Waals surface area contributed by atoms with Gasteiger partial charge in [-0.05, 0) is 38.6 Å². The molecule has 0 aromatic carbocycles. The van der Waals surface area contributed by atoms with Gasteiger partial charge in [-0.1, -0.05) is 11.6 Å². The number of thiocarbonyl (C=S) groups is 1. The highest BCUT2D eigenvalue weighted by Crippen LogP contribution is 2.19. The van der Waals surface area contributed by atoms with Gasteiger partial charge in [-0.15, -0.1) is 10.2 Å². The fourth-order valence-corrected chi connectivity index (χ4v) is 1.39. The van der Waals surface area contributed by atoms with E-state index in [2.05, 4.69) is 26.4 Å². The molecule has 1 aromatic rings. The largest absolute Gasteiger partial charge is 0.362 e. The topological polar surface area (TPSA) is 61.9 Å². The lowest BCUT2D eigenvalue weighted by Crippen LogP contribution is -2.39. The van der Waals surface area contributed by atoms with Crippen LogP contribution >= 0.6 is 23.8 Å². The summed E-state index contributed by atoms with van der Waals surface area (Å²) < 4.78 is 0. The molecular formula is C9H14ClN5S. The summed E-state index contributed by atoms with van der Waals surface area (Å²) in [5, 5.41) is 11.6. The van der Waals surface area contributed by atoms with E-state index in [1.54, 1.807) is 0 Å². The summed E-state index contributed by atoms with van der Waals surface area (Å²) in [6.07, 6.45) is 0. The summed E-state index contributed by atoms with van der Waals surface area (Å²) in [6, 6.07) is 0. The second kappa shape index (κ2) is 5.81. The fraction of sp³-hybridized carbons (Fsp3) is 0.444. The van der Waals surface area contributed by atoms with Gasteiger partial charge in [0.1, 0.15) is 0 Å². The number of hydrogen-bond acceptors (Lipinski definition) is 4. The number of aromatic nitrogens is 2. The van der Waals surface area contributed by atoms with Crippen molar-refractivity contribution >= 4 is 34.7 Å². The zero-order valence-corrected chi connectivity index (χ0v) is 11.0. The van der Waals surface area contributed by atoms with Crippen LogP contribution in [-0.4, -0.2) is 21.9 Å². The van der Waals surface area contributed by atoms with E-state index >= 15 is 0 Å². The van der Waals surface area contributed by atoms with Gasteiger partial charge in [0.15, 0.2) is 16.1 Å². The SMILES string of the molecule is CCNC(=S)NNc1nnc(Cl)c(C)c1C. The van der Waals surface area contributed by atoms with E-state index in [-0.39, 0.29) is 0 Å². The quantitative estimate of drug-likeness (QED) is 0.566. The minimum Gasteiger partial charge on any atom is -0.362 e. The van der Waals surface area contributed by atoms with Crippen LogP contribution < -0.4 is 16.2 Å². The van der Waals surface area contributed by atoms with Crippen LogP contribution in [0.5, 0.6) is 0 Å². The predicted molar refractivity (Wildman–Crippen MR) is 69.5 cm³/mol. The number of anilines is 1. The van der Waals surface area contributed by atoms with Crippen LogP contribution in [0.25, 0.3) is 0 Å². The van der Waals surface area contributed by atoms with Gasteiger partial charge in [0, 0.05) is 12.1 Å². The van der Waals surface area contributed by atoms with Crippen molar-refractivity contribution in [3.05, 3.63) is 16.3 Å². The Morgan fingerprint density at radius 2 is 2.00 bits per heavy atom. The maximum atomic E-state index is 5.84. The highest BCUT2D eigenvalue weighted by molar-refractivity contribution is 7.80. The number of hydrazine groups is 1. The molecule has 5 nitrogen and oxygen atoms in total. The molecule has 7 heteroatoms. The van der Waals surface area contributed by atoms with Gasteiger partial charge in [0.25, 0.3) is 0 Å². The summed E-state index contributed by atoms with van der Waals surface area (Å²) in [5.41, 5.74) is 7.53. The summed E-state index contributed by atoms with van der Waals surface area (Å²) in [4.78, 5) is 0. The lowest BCUT2D eigenvalue weighted by molar-refractivity contribution is 0.907. The average Bonchev–Trinajstić information content (AvgIpc) is 2.25. The van der Waals surface area contributed by atoms with Gasteiger partial charge in [0.05, 0.1) is 0 Å². The van der Waals surface area contributed by atoms with E-state index in [4.69, 9.17) is 23.8 Å². The minimum absolute atomic E-state index is 0.414. The first-order valence-electron chi connectivity index (χ1n) is 4.85. The van der Waals surface area contributed by atoms with Crippen LogP contribution in [0.15, 0.2) is 0 Å². The fourth-order valence-electron chi connectivity index (χ4n) is 1.02. The molecular weight excluding hydrogens is 246 g/mol. The molecule has 0 aliphatic rings. The highest BCUT2D eigenvalue weighted by atomic mass is 35.5. The smallest absolute Gasteiger partial charge is 0.185 e. The van der Waals surface area contributed by atoms with Gasteiger partial charge >= 0.3 is 0 Å². The van der Waals surface area contributed by atoms with Crippen LogP contribution in [0, 0.1) is 13.8 Å². The van der Waals surface area contributed by atoms with Gasteiger partial charge in [-0.25, -0.2) is 0 Å². The van der Waals surface area contributed by atoms with Crippen molar-refractivity contribution in [2.75, 3.05) is 12.0 Å². The molecule has 1 aromatic heterocycles. The monoisotopic (exact) mass is 259 g/mol. The molecule has 0 aliphatic carbocycles. The maximum Gasteiger partial charge on any atom is 0.185 e. The van der Waals surface area contributed by atoms with E-state index in [0.29, 0.717) is 16.1 Å². The highest BCUT2D eigenvalue weighted by Gasteiger charge is 2.07. The molecule has 0 atom stereocenters. The van der Waals surface area contributed by atoms with E-state index < -0.39 is 0 Å². The maximum absolute atomic E-state index is 5.84. The summed E-state index contributed by atoms with van der Waals surface area (Å²) in [6.45, 7) is 6.53. The standard InChI is InChI=1S/C9H14ClN5S/c1-4-11-9(16)15-14-8-6(3)5(2)7(10)12-13-8/h4H2,1-3H3,(H,13,14)(H2,11,15,16). The Bertz CT molecular complexity index is 396. The zero-order valence-electron chi connectivity index (χ0n) is 9.39. The average molecular weight is 260 g/mol. The number of nitrogens with one attached hydrogen (secondary N) is 3. The molecule has 0 amide bonds. The third-order valence-electron chi connectivity index (χ3n) is 2.10. The van der Waals surface area contributed by atoms with Gasteiger partial charge < -0.3 is 5.32 Å². The Balaban J connectivity index is 2.68. The summed E-state index contributed by atoms with van der Waals surface area (Å²) in [5.74, 6) is 0.613. The van der Waals surface area contributed by atoms with Crippen molar-refractivity contribution in [3.63, 3.8) is 0 Å². The van der Waals surface area contributed by atoms with E-state index in [9.17, 15) is 0 Å². The molecule has 88 valence electrons. The molecule has 1 heterocycles. The third kappa shape index (κ3) is 3.18. The van der Waals surface area contributed by atoms with Crippen molar-refractivity contribution in [1.29, 1.82) is 0 Å². The van der Waals surface area contributed by atoms with Crippen LogP contribution in [0.4, 0.5) is 5.82 Å². The first-order chi connectivity index (χ1) is 7.56. The van der Waals surface area contributed by atoms with E-state index in [1.807, 2.05) is 20.8 Å². The second-order valence-electron chi connectivity index (χ2n) is 3.20. The Morgan fingerprint density at radius 1 is 1.31 bits per heavy atom. The molecule has 0 radical (unpaired) electrons. The molecule has 0 saturated heterocycles. The van der Waals surface area contributed by atoms with Gasteiger partial charge in [0.2, 0.25) is 0 Å². The summed E-state index contributed by atoms with van der Waals surface area (Å²) in [7, 11) is 0. The second-order valence-corrected chi connectivity index (χ2v) is 3.97. The molecule has 16 heavy (non-hydrogen) atoms. The molecule has 0 unspecified atom stereocenters. The molecule has 0 saturated carbocycles. The van der Waals surface area contributed by atoms with E-state index in [1.165, 1.54) is 0 Å². The van der Waals surface area contributed by atoms with Crippen molar-refractivity contribution in [1.82, 2.24) is 20.9 Å². The molecule has 0 bridgehead atoms. The molecule has 0 spiro atoms. The minimum atomic E-state index is 0.414. The number of nitrogens with zero attached hydrogens (tertiary/aromatic N) is 2. The first-order valence-corrected chi connectivity index (χ1v) is 5.64. The number of hydrogen-bond donors (Lipinski definition) is 3. The lowest BCUT2D eigenvalue weighted by atomic mass is 10.2. The van der Waals surface area contributed by atoms with Gasteiger partial charge in [-0.2, -0.15) is 0 Å². The number of halogens is 1. The zero-order chi connectivity index (χ0) is 12.1. The Morgan fingerprint density at radius 3 is 2.62 bits per heavy atom. The molecule has 0 aliphatic heterocycles. The Kier molecular flexibility index (Phi) is 4.70. The molecule has 1 rings (SSSR count). The van der Waals surface area contributed by atoms with Crippen LogP contribution in [0.2, 0.25) is 5.15 Å². The normalized spacial score (nSPS) is 9.75. The predicted octanol–water partition coefficient (Wildman–Crippen LogP) is 1.56. The van der Waals surface area contributed by atoms with Crippen molar-refractivity contribution in [2.45, 2.75) is 20.8 Å². The summed E-state index contributed by atoms with van der Waals surface area (Å²) >= 11 is 10.8. The number of rotatable bonds is 3. The third-order valence-corrected chi connectivity index (χ3v) is 2.70. The van der Waals surface area contributed by atoms with Crippen LogP contribution in [0.3, 0.4) is 0 Å². The molecule has 0 fully saturated rings. The van der Waals surface area contributed by atoms with E-state index in [0.717, 1.165) is 17.7 Å². The Hall–Kier alpha value is -1.14. The Labute approximate surface area is 105 Å². The lowest BCUT2D eigenvalue weighted by Gasteiger charge is -2.13.